The largest absolute Gasteiger partial charge is 0.351 e. The molecule has 1 atom stereocenters. The van der Waals surface area contributed by atoms with Crippen LogP contribution in [-0.4, -0.2) is 57.7 Å². The van der Waals surface area contributed by atoms with Crippen LogP contribution < -0.4 is 5.32 Å². The maximum atomic E-state index is 13.9. The lowest BCUT2D eigenvalue weighted by Crippen LogP contribution is -2.44. The summed E-state index contributed by atoms with van der Waals surface area (Å²) in [5.41, 5.74) is 0. The Hall–Kier alpha value is -1.23. The fourth-order valence-corrected chi connectivity index (χ4v) is 5.82. The van der Waals surface area contributed by atoms with Crippen LogP contribution in [0, 0.1) is 5.82 Å². The van der Waals surface area contributed by atoms with Crippen molar-refractivity contribution in [1.29, 1.82) is 0 Å². The van der Waals surface area contributed by atoms with Crippen molar-refractivity contribution in [2.45, 2.75) is 24.3 Å². The summed E-state index contributed by atoms with van der Waals surface area (Å²) in [7, 11) is -7.39. The molecule has 1 heterocycles. The average molecular weight is 413 g/mol. The van der Waals surface area contributed by atoms with Crippen molar-refractivity contribution in [2.24, 2.45) is 0 Å². The van der Waals surface area contributed by atoms with Gasteiger partial charge in [-0.25, -0.2) is 21.2 Å². The maximum Gasteiger partial charge on any atom is 0.246 e. The third-order valence-electron chi connectivity index (χ3n) is 3.78. The molecule has 0 bridgehead atoms. The van der Waals surface area contributed by atoms with Crippen molar-refractivity contribution >= 4 is 37.4 Å². The SMILES string of the molecule is CCN(CC(=O)N[C@@H]1CCS(=O)(=O)C1)S(=O)(=O)c1ccc(Cl)cc1F. The van der Waals surface area contributed by atoms with Crippen LogP contribution in [-0.2, 0) is 24.7 Å². The third-order valence-corrected chi connectivity index (χ3v) is 7.74. The Kier molecular flexibility index (Phi) is 6.08. The summed E-state index contributed by atoms with van der Waals surface area (Å²) in [6, 6.07) is 2.63. The Morgan fingerprint density at radius 3 is 2.64 bits per heavy atom. The molecule has 0 unspecified atom stereocenters. The van der Waals surface area contributed by atoms with Gasteiger partial charge in [-0.05, 0) is 24.6 Å². The summed E-state index contributed by atoms with van der Waals surface area (Å²) in [6.07, 6.45) is 0.290. The van der Waals surface area contributed by atoms with Crippen LogP contribution in [0.15, 0.2) is 23.1 Å². The number of rotatable bonds is 6. The van der Waals surface area contributed by atoms with Crippen molar-refractivity contribution in [3.8, 4) is 0 Å². The van der Waals surface area contributed by atoms with Gasteiger partial charge in [-0.2, -0.15) is 4.31 Å². The second kappa shape index (κ2) is 7.56. The molecular formula is C14H18ClFN2O5S2. The summed E-state index contributed by atoms with van der Waals surface area (Å²) >= 11 is 5.62. The fraction of sp³-hybridized carbons (Fsp3) is 0.500. The van der Waals surface area contributed by atoms with Gasteiger partial charge < -0.3 is 5.32 Å². The first-order valence-corrected chi connectivity index (χ1v) is 11.1. The van der Waals surface area contributed by atoms with E-state index in [0.717, 1.165) is 16.4 Å². The highest BCUT2D eigenvalue weighted by atomic mass is 35.5. The maximum absolute atomic E-state index is 13.9. The number of carbonyl (C=O) groups is 1. The van der Waals surface area contributed by atoms with E-state index in [0.29, 0.717) is 6.42 Å². The average Bonchev–Trinajstić information content (AvgIpc) is 2.82. The van der Waals surface area contributed by atoms with Gasteiger partial charge in [-0.3, -0.25) is 4.79 Å². The van der Waals surface area contributed by atoms with E-state index < -0.39 is 49.1 Å². The van der Waals surface area contributed by atoms with Gasteiger partial charge in [-0.15, -0.1) is 0 Å². The van der Waals surface area contributed by atoms with E-state index in [-0.39, 0.29) is 23.1 Å². The normalized spacial score (nSPS) is 19.9. The van der Waals surface area contributed by atoms with Gasteiger partial charge in [0.15, 0.2) is 9.84 Å². The summed E-state index contributed by atoms with van der Waals surface area (Å²) in [6.45, 7) is 0.927. The predicted octanol–water partition coefficient (Wildman–Crippen LogP) is 0.793. The quantitative estimate of drug-likeness (QED) is 0.744. The zero-order valence-corrected chi connectivity index (χ0v) is 15.8. The van der Waals surface area contributed by atoms with E-state index >= 15 is 0 Å². The summed E-state index contributed by atoms with van der Waals surface area (Å²) in [5.74, 6) is -1.82. The molecular weight excluding hydrogens is 395 g/mol. The minimum Gasteiger partial charge on any atom is -0.351 e. The van der Waals surface area contributed by atoms with Gasteiger partial charge in [0, 0.05) is 17.6 Å². The molecule has 1 aliphatic rings. The van der Waals surface area contributed by atoms with Gasteiger partial charge in [0.2, 0.25) is 15.9 Å². The molecule has 140 valence electrons. The first-order valence-electron chi connectivity index (χ1n) is 7.50. The monoisotopic (exact) mass is 412 g/mol. The number of sulfonamides is 1. The zero-order valence-electron chi connectivity index (χ0n) is 13.4. The van der Waals surface area contributed by atoms with Crippen LogP contribution >= 0.6 is 11.6 Å². The van der Waals surface area contributed by atoms with Crippen LogP contribution in [0.3, 0.4) is 0 Å². The number of nitrogens with one attached hydrogen (secondary N) is 1. The third kappa shape index (κ3) is 4.90. The molecule has 0 radical (unpaired) electrons. The highest BCUT2D eigenvalue weighted by Gasteiger charge is 2.31. The smallest absolute Gasteiger partial charge is 0.246 e. The van der Waals surface area contributed by atoms with Crippen LogP contribution in [0.25, 0.3) is 0 Å². The number of benzene rings is 1. The molecule has 1 aromatic rings. The minimum atomic E-state index is -4.23. The molecule has 0 saturated carbocycles. The molecule has 1 aliphatic heterocycles. The van der Waals surface area contributed by atoms with Gasteiger partial charge in [0.05, 0.1) is 18.1 Å². The number of likely N-dealkylation sites (N-methyl/N-ethyl adjacent to an activating group) is 1. The van der Waals surface area contributed by atoms with E-state index in [4.69, 9.17) is 11.6 Å². The summed E-state index contributed by atoms with van der Waals surface area (Å²) in [5, 5.41) is 2.56. The van der Waals surface area contributed by atoms with Crippen molar-refractivity contribution in [1.82, 2.24) is 9.62 Å². The van der Waals surface area contributed by atoms with E-state index in [1.807, 2.05) is 0 Å². The Morgan fingerprint density at radius 2 is 2.12 bits per heavy atom. The predicted molar refractivity (Wildman–Crippen MR) is 91.0 cm³/mol. The first-order chi connectivity index (χ1) is 11.5. The summed E-state index contributed by atoms with van der Waals surface area (Å²) in [4.78, 5) is 11.5. The Bertz CT molecular complexity index is 873. The number of hydrogen-bond acceptors (Lipinski definition) is 5. The molecule has 2 rings (SSSR count). The van der Waals surface area contributed by atoms with Crippen LogP contribution in [0.2, 0.25) is 5.02 Å². The van der Waals surface area contributed by atoms with Crippen LogP contribution in [0.5, 0.6) is 0 Å². The topological polar surface area (TPSA) is 101 Å². The standard InChI is InChI=1S/C14H18ClFN2O5S2/c1-2-18(8-14(19)17-11-5-6-24(20,21)9-11)25(22,23)13-4-3-10(15)7-12(13)16/h3-4,7,11H,2,5-6,8-9H2,1H3,(H,17,19)/t11-/m1/s1. The molecule has 1 N–H and O–H groups in total. The molecule has 25 heavy (non-hydrogen) atoms. The zero-order chi connectivity index (χ0) is 18.8. The number of halogens is 2. The fourth-order valence-electron chi connectivity index (χ4n) is 2.53. The van der Waals surface area contributed by atoms with Gasteiger partial charge in [0.1, 0.15) is 10.7 Å². The number of hydrogen-bond donors (Lipinski definition) is 1. The number of nitrogens with zero attached hydrogens (tertiary/aromatic N) is 1. The molecule has 7 nitrogen and oxygen atoms in total. The van der Waals surface area contributed by atoms with E-state index in [1.54, 1.807) is 0 Å². The molecule has 0 aromatic heterocycles. The Labute approximate surface area is 151 Å². The van der Waals surface area contributed by atoms with Crippen molar-refractivity contribution in [2.75, 3.05) is 24.6 Å². The van der Waals surface area contributed by atoms with Crippen molar-refractivity contribution in [3.05, 3.63) is 29.0 Å². The van der Waals surface area contributed by atoms with Crippen LogP contribution in [0.1, 0.15) is 13.3 Å². The summed E-state index contributed by atoms with van der Waals surface area (Å²) < 4.78 is 62.6. The molecule has 11 heteroatoms. The van der Waals surface area contributed by atoms with Crippen molar-refractivity contribution in [3.63, 3.8) is 0 Å². The minimum absolute atomic E-state index is 0.0102. The molecule has 1 aromatic carbocycles. The van der Waals surface area contributed by atoms with Gasteiger partial charge in [-0.1, -0.05) is 18.5 Å². The van der Waals surface area contributed by atoms with E-state index in [2.05, 4.69) is 5.32 Å². The second-order valence-corrected chi connectivity index (χ2v) is 10.2. The number of amides is 1. The Balaban J connectivity index is 2.11. The van der Waals surface area contributed by atoms with E-state index in [9.17, 15) is 26.0 Å². The highest BCUT2D eigenvalue weighted by molar-refractivity contribution is 7.91. The molecule has 0 spiro atoms. The number of carbonyl (C=O) groups excluding carboxylic acids is 1. The molecule has 1 fully saturated rings. The Morgan fingerprint density at radius 1 is 1.44 bits per heavy atom. The molecule has 0 aliphatic carbocycles. The lowest BCUT2D eigenvalue weighted by atomic mass is 10.2. The number of sulfone groups is 1. The molecule has 1 amide bonds. The highest BCUT2D eigenvalue weighted by Crippen LogP contribution is 2.22. The first kappa shape index (κ1) is 20.1. The van der Waals surface area contributed by atoms with Gasteiger partial charge >= 0.3 is 0 Å². The second-order valence-electron chi connectivity index (χ2n) is 5.67. The lowest BCUT2D eigenvalue weighted by molar-refractivity contribution is -0.121. The molecule has 1 saturated heterocycles. The lowest BCUT2D eigenvalue weighted by Gasteiger charge is -2.21. The van der Waals surface area contributed by atoms with Gasteiger partial charge in [0.25, 0.3) is 0 Å². The van der Waals surface area contributed by atoms with Crippen molar-refractivity contribution < 1.29 is 26.0 Å². The van der Waals surface area contributed by atoms with E-state index in [1.165, 1.54) is 13.0 Å². The van der Waals surface area contributed by atoms with Crippen LogP contribution in [0.4, 0.5) is 4.39 Å².